The van der Waals surface area contributed by atoms with E-state index >= 15 is 0 Å². The van der Waals surface area contributed by atoms with E-state index in [4.69, 9.17) is 0 Å². The summed E-state index contributed by atoms with van der Waals surface area (Å²) in [5.41, 5.74) is 4.61. The number of hydrogen-bond acceptors (Lipinski definition) is 3. The fourth-order valence-electron chi connectivity index (χ4n) is 4.26. The molecule has 1 amide bonds. The van der Waals surface area contributed by atoms with Crippen LogP contribution in [0.5, 0.6) is 0 Å². The third-order valence-electron chi connectivity index (χ3n) is 6.26. The lowest BCUT2D eigenvalue weighted by molar-refractivity contribution is -0.123. The molecule has 0 saturated carbocycles. The number of benzene rings is 1. The minimum absolute atomic E-state index is 0.0767. The Labute approximate surface area is 171 Å². The maximum Gasteiger partial charge on any atom is 0.234 e. The first-order valence-electron chi connectivity index (χ1n) is 11.2. The fourth-order valence-corrected chi connectivity index (χ4v) is 4.26. The van der Waals surface area contributed by atoms with Gasteiger partial charge in [-0.1, -0.05) is 39.0 Å². The van der Waals surface area contributed by atoms with Gasteiger partial charge in [0.15, 0.2) is 0 Å². The Balaban J connectivity index is 1.42. The van der Waals surface area contributed by atoms with E-state index in [1.165, 1.54) is 55.3 Å². The molecular formula is C24H39N3O. The monoisotopic (exact) mass is 385 g/mol. The summed E-state index contributed by atoms with van der Waals surface area (Å²) >= 11 is 0. The highest BCUT2D eigenvalue weighted by Crippen LogP contribution is 2.25. The van der Waals surface area contributed by atoms with Crippen LogP contribution in [0.15, 0.2) is 18.2 Å². The van der Waals surface area contributed by atoms with E-state index in [0.717, 1.165) is 26.2 Å². The van der Waals surface area contributed by atoms with Gasteiger partial charge in [-0.15, -0.1) is 0 Å². The number of piperazine rings is 1. The van der Waals surface area contributed by atoms with Crippen molar-refractivity contribution in [3.63, 3.8) is 0 Å². The highest BCUT2D eigenvalue weighted by molar-refractivity contribution is 5.78. The lowest BCUT2D eigenvalue weighted by Crippen LogP contribution is -2.50. The standard InChI is InChI=1S/C24H39N3O/c1-19(21-10-9-20-7-5-6-8-22(20)17-21)25-23(28)18-27-15-13-26(14-16-27)12-11-24(2,3)4/h9-10,17,19H,5-8,11-16,18H2,1-4H3,(H,25,28). The molecule has 0 radical (unpaired) electrons. The summed E-state index contributed by atoms with van der Waals surface area (Å²) in [4.78, 5) is 17.4. The van der Waals surface area contributed by atoms with E-state index in [0.29, 0.717) is 12.0 Å². The predicted molar refractivity (Wildman–Crippen MR) is 117 cm³/mol. The summed E-state index contributed by atoms with van der Waals surface area (Å²) in [7, 11) is 0. The second kappa shape index (κ2) is 9.41. The van der Waals surface area contributed by atoms with Gasteiger partial charge < -0.3 is 10.2 Å². The van der Waals surface area contributed by atoms with Crippen LogP contribution >= 0.6 is 0 Å². The highest BCUT2D eigenvalue weighted by Gasteiger charge is 2.21. The molecule has 156 valence electrons. The first-order valence-corrected chi connectivity index (χ1v) is 11.2. The summed E-state index contributed by atoms with van der Waals surface area (Å²) < 4.78 is 0. The zero-order valence-electron chi connectivity index (χ0n) is 18.4. The van der Waals surface area contributed by atoms with Crippen LogP contribution in [0.3, 0.4) is 0 Å². The number of hydrogen-bond donors (Lipinski definition) is 1. The number of carbonyl (C=O) groups excluding carboxylic acids is 1. The molecule has 1 aromatic carbocycles. The molecule has 28 heavy (non-hydrogen) atoms. The minimum atomic E-state index is 0.0767. The van der Waals surface area contributed by atoms with Gasteiger partial charge in [-0.25, -0.2) is 0 Å². The van der Waals surface area contributed by atoms with Gasteiger partial charge in [-0.3, -0.25) is 9.69 Å². The smallest absolute Gasteiger partial charge is 0.234 e. The topological polar surface area (TPSA) is 35.6 Å². The number of fused-ring (bicyclic) bond motifs is 1. The van der Waals surface area contributed by atoms with Crippen LogP contribution in [0.25, 0.3) is 0 Å². The van der Waals surface area contributed by atoms with Gasteiger partial charge in [0.05, 0.1) is 12.6 Å². The summed E-state index contributed by atoms with van der Waals surface area (Å²) in [6, 6.07) is 6.85. The van der Waals surface area contributed by atoms with Crippen LogP contribution in [-0.2, 0) is 17.6 Å². The van der Waals surface area contributed by atoms with Gasteiger partial charge in [0.25, 0.3) is 0 Å². The SMILES string of the molecule is CC(NC(=O)CN1CCN(CCC(C)(C)C)CC1)c1ccc2c(c1)CCCC2. The minimum Gasteiger partial charge on any atom is -0.348 e. The maximum absolute atomic E-state index is 12.6. The van der Waals surface area contributed by atoms with Gasteiger partial charge >= 0.3 is 0 Å². The molecule has 0 aromatic heterocycles. The van der Waals surface area contributed by atoms with Crippen molar-refractivity contribution >= 4 is 5.91 Å². The Hall–Kier alpha value is -1.39. The quantitative estimate of drug-likeness (QED) is 0.809. The van der Waals surface area contributed by atoms with E-state index in [1.54, 1.807) is 0 Å². The molecule has 0 spiro atoms. The molecule has 1 N–H and O–H groups in total. The number of nitrogens with zero attached hydrogens (tertiary/aromatic N) is 2. The van der Waals surface area contributed by atoms with Crippen molar-refractivity contribution in [3.05, 3.63) is 34.9 Å². The maximum atomic E-state index is 12.6. The molecule has 0 bridgehead atoms. The van der Waals surface area contributed by atoms with Crippen LogP contribution in [0.4, 0.5) is 0 Å². The second-order valence-corrected chi connectivity index (χ2v) is 9.95. The number of amides is 1. The summed E-state index contributed by atoms with van der Waals surface area (Å²) in [5, 5.41) is 3.21. The normalized spacial score (nSPS) is 19.9. The molecule has 4 nitrogen and oxygen atoms in total. The molecule has 1 aromatic rings. The first kappa shape index (κ1) is 21.3. The van der Waals surface area contributed by atoms with Crippen molar-refractivity contribution in [2.24, 2.45) is 5.41 Å². The molecule has 1 unspecified atom stereocenters. The van der Waals surface area contributed by atoms with Crippen molar-refractivity contribution in [2.75, 3.05) is 39.3 Å². The Kier molecular flexibility index (Phi) is 7.16. The van der Waals surface area contributed by atoms with E-state index in [9.17, 15) is 4.79 Å². The summed E-state index contributed by atoms with van der Waals surface area (Å²) in [5.74, 6) is 0.147. The Morgan fingerprint density at radius 1 is 1.04 bits per heavy atom. The van der Waals surface area contributed by atoms with Crippen LogP contribution in [-0.4, -0.2) is 55.0 Å². The number of carbonyl (C=O) groups is 1. The van der Waals surface area contributed by atoms with E-state index in [1.807, 2.05) is 0 Å². The largest absolute Gasteiger partial charge is 0.348 e. The average Bonchev–Trinajstić information content (AvgIpc) is 2.66. The van der Waals surface area contributed by atoms with E-state index in [2.05, 4.69) is 61.0 Å². The molecule has 2 aliphatic rings. The lowest BCUT2D eigenvalue weighted by Gasteiger charge is -2.35. The molecule has 1 atom stereocenters. The Bertz CT molecular complexity index is 656. The molecular weight excluding hydrogens is 346 g/mol. The molecule has 1 saturated heterocycles. The van der Waals surface area contributed by atoms with Crippen molar-refractivity contribution in [1.29, 1.82) is 0 Å². The van der Waals surface area contributed by atoms with Gasteiger partial charge in [0, 0.05) is 26.2 Å². The Morgan fingerprint density at radius 2 is 1.68 bits per heavy atom. The molecule has 1 heterocycles. The van der Waals surface area contributed by atoms with Crippen molar-refractivity contribution in [3.8, 4) is 0 Å². The van der Waals surface area contributed by atoms with Crippen molar-refractivity contribution < 1.29 is 4.79 Å². The molecule has 1 fully saturated rings. The zero-order valence-corrected chi connectivity index (χ0v) is 18.4. The third-order valence-corrected chi connectivity index (χ3v) is 6.26. The number of rotatable bonds is 6. The van der Waals surface area contributed by atoms with Gasteiger partial charge in [-0.05, 0) is 67.7 Å². The van der Waals surface area contributed by atoms with Crippen molar-refractivity contribution in [2.45, 2.75) is 65.8 Å². The first-order chi connectivity index (χ1) is 13.3. The zero-order chi connectivity index (χ0) is 20.1. The highest BCUT2D eigenvalue weighted by atomic mass is 16.2. The van der Waals surface area contributed by atoms with Crippen LogP contribution in [0, 0.1) is 5.41 Å². The average molecular weight is 386 g/mol. The lowest BCUT2D eigenvalue weighted by atomic mass is 9.89. The predicted octanol–water partition coefficient (Wildman–Crippen LogP) is 3.80. The van der Waals surface area contributed by atoms with Crippen LogP contribution < -0.4 is 5.32 Å². The number of aryl methyl sites for hydroxylation is 2. The van der Waals surface area contributed by atoms with Crippen LogP contribution in [0.1, 0.15) is 69.7 Å². The molecule has 3 rings (SSSR count). The fraction of sp³-hybridized carbons (Fsp3) is 0.708. The van der Waals surface area contributed by atoms with Gasteiger partial charge in [0.2, 0.25) is 5.91 Å². The van der Waals surface area contributed by atoms with E-state index in [-0.39, 0.29) is 11.9 Å². The summed E-state index contributed by atoms with van der Waals surface area (Å²) in [6.07, 6.45) is 6.22. The summed E-state index contributed by atoms with van der Waals surface area (Å²) in [6.45, 7) is 14.8. The Morgan fingerprint density at radius 3 is 2.36 bits per heavy atom. The number of nitrogens with one attached hydrogen (secondary N) is 1. The molecule has 1 aliphatic heterocycles. The van der Waals surface area contributed by atoms with Gasteiger partial charge in [-0.2, -0.15) is 0 Å². The van der Waals surface area contributed by atoms with Gasteiger partial charge in [0.1, 0.15) is 0 Å². The molecule has 4 heteroatoms. The van der Waals surface area contributed by atoms with Crippen molar-refractivity contribution in [1.82, 2.24) is 15.1 Å². The van der Waals surface area contributed by atoms with Crippen LogP contribution in [0.2, 0.25) is 0 Å². The van der Waals surface area contributed by atoms with E-state index < -0.39 is 0 Å². The second-order valence-electron chi connectivity index (χ2n) is 9.95. The molecule has 1 aliphatic carbocycles. The third kappa shape index (κ3) is 6.31.